The number of aromatic nitrogens is 1. The molecule has 1 aromatic carbocycles. The molecule has 2 heterocycles. The van der Waals surface area contributed by atoms with Crippen LogP contribution in [0.1, 0.15) is 12.5 Å². The van der Waals surface area contributed by atoms with Crippen LogP contribution in [0.15, 0.2) is 24.3 Å². The first kappa shape index (κ1) is 16.8. The zero-order valence-corrected chi connectivity index (χ0v) is 15.0. The molecule has 5 nitrogen and oxygen atoms in total. The molecule has 3 rings (SSSR count). The topological polar surface area (TPSA) is 45.7 Å². The van der Waals surface area contributed by atoms with Gasteiger partial charge in [0.1, 0.15) is 22.5 Å². The summed E-state index contributed by atoms with van der Waals surface area (Å²) in [6.07, 6.45) is 0. The summed E-state index contributed by atoms with van der Waals surface area (Å²) in [6, 6.07) is 8.07. The van der Waals surface area contributed by atoms with E-state index >= 15 is 0 Å². The predicted octanol–water partition coefficient (Wildman–Crippen LogP) is 2.83. The van der Waals surface area contributed by atoms with Gasteiger partial charge in [-0.3, -0.25) is 4.79 Å². The van der Waals surface area contributed by atoms with E-state index < -0.39 is 5.38 Å². The molecule has 1 atom stereocenters. The number of alkyl halides is 1. The van der Waals surface area contributed by atoms with E-state index in [0.717, 1.165) is 35.6 Å². The van der Waals surface area contributed by atoms with Gasteiger partial charge in [-0.05, 0) is 31.5 Å². The SMILES string of the molecule is COc1cccc2c(C)cc(N3CCN(C(=O)C(C)Cl)CC3)nc12. The number of piperazine rings is 1. The number of benzene rings is 1. The first-order valence-electron chi connectivity index (χ1n) is 8.13. The van der Waals surface area contributed by atoms with Gasteiger partial charge in [0, 0.05) is 31.6 Å². The number of methoxy groups -OCH3 is 1. The van der Waals surface area contributed by atoms with Crippen LogP contribution < -0.4 is 9.64 Å². The number of anilines is 1. The second kappa shape index (κ2) is 6.85. The molecule has 0 spiro atoms. The number of carbonyl (C=O) groups excluding carboxylic acids is 1. The molecule has 1 aliphatic heterocycles. The van der Waals surface area contributed by atoms with Crippen molar-refractivity contribution >= 4 is 34.2 Å². The molecule has 1 fully saturated rings. The summed E-state index contributed by atoms with van der Waals surface area (Å²) in [5.41, 5.74) is 2.05. The molecule has 0 saturated carbocycles. The number of rotatable bonds is 3. The van der Waals surface area contributed by atoms with E-state index in [1.54, 1.807) is 14.0 Å². The standard InChI is InChI=1S/C18H22ClN3O2/c1-12-11-16(20-17-14(12)5-4-6-15(17)24-3)21-7-9-22(10-8-21)18(23)13(2)19/h4-6,11,13H,7-10H2,1-3H3. The quantitative estimate of drug-likeness (QED) is 0.801. The fourth-order valence-electron chi connectivity index (χ4n) is 3.11. The van der Waals surface area contributed by atoms with Crippen molar-refractivity contribution in [2.75, 3.05) is 38.2 Å². The Hall–Kier alpha value is -2.01. The highest BCUT2D eigenvalue weighted by molar-refractivity contribution is 6.30. The zero-order chi connectivity index (χ0) is 17.3. The smallest absolute Gasteiger partial charge is 0.240 e. The number of nitrogens with zero attached hydrogens (tertiary/aromatic N) is 3. The summed E-state index contributed by atoms with van der Waals surface area (Å²) in [5, 5.41) is 0.629. The predicted molar refractivity (Wildman–Crippen MR) is 97.1 cm³/mol. The monoisotopic (exact) mass is 347 g/mol. The van der Waals surface area contributed by atoms with Crippen molar-refractivity contribution in [3.63, 3.8) is 0 Å². The maximum atomic E-state index is 12.0. The van der Waals surface area contributed by atoms with Crippen molar-refractivity contribution < 1.29 is 9.53 Å². The highest BCUT2D eigenvalue weighted by Crippen LogP contribution is 2.29. The number of fused-ring (bicyclic) bond motifs is 1. The Labute approximate surface area is 147 Å². The van der Waals surface area contributed by atoms with Crippen LogP contribution in [0.5, 0.6) is 5.75 Å². The molecule has 1 saturated heterocycles. The first-order valence-corrected chi connectivity index (χ1v) is 8.57. The van der Waals surface area contributed by atoms with Crippen LogP contribution in [0.2, 0.25) is 0 Å². The Morgan fingerprint density at radius 1 is 1.29 bits per heavy atom. The van der Waals surface area contributed by atoms with Crippen LogP contribution >= 0.6 is 11.6 Å². The van der Waals surface area contributed by atoms with E-state index in [2.05, 4.69) is 24.0 Å². The summed E-state index contributed by atoms with van der Waals surface area (Å²) in [7, 11) is 1.66. The van der Waals surface area contributed by atoms with E-state index in [1.807, 2.05) is 17.0 Å². The molecule has 1 aromatic heterocycles. The molecule has 1 amide bonds. The number of amides is 1. The van der Waals surface area contributed by atoms with E-state index in [1.165, 1.54) is 5.56 Å². The number of aryl methyl sites for hydroxylation is 1. The van der Waals surface area contributed by atoms with Gasteiger partial charge in [-0.15, -0.1) is 11.6 Å². The molecule has 6 heteroatoms. The first-order chi connectivity index (χ1) is 11.5. The molecule has 0 radical (unpaired) electrons. The lowest BCUT2D eigenvalue weighted by Gasteiger charge is -2.36. The number of carbonyl (C=O) groups is 1. The minimum absolute atomic E-state index is 0.000590. The minimum atomic E-state index is -0.471. The fraction of sp³-hybridized carbons (Fsp3) is 0.444. The lowest BCUT2D eigenvalue weighted by atomic mass is 10.1. The number of hydrogen-bond donors (Lipinski definition) is 0. The largest absolute Gasteiger partial charge is 0.494 e. The summed E-state index contributed by atoms with van der Waals surface area (Å²) in [6.45, 7) is 6.64. The Morgan fingerprint density at radius 3 is 2.62 bits per heavy atom. The Morgan fingerprint density at radius 2 is 2.00 bits per heavy atom. The molecule has 0 bridgehead atoms. The Kier molecular flexibility index (Phi) is 4.81. The van der Waals surface area contributed by atoms with Gasteiger partial charge >= 0.3 is 0 Å². The zero-order valence-electron chi connectivity index (χ0n) is 14.3. The lowest BCUT2D eigenvalue weighted by Crippen LogP contribution is -2.50. The van der Waals surface area contributed by atoms with Crippen molar-refractivity contribution in [3.8, 4) is 5.75 Å². The van der Waals surface area contributed by atoms with Gasteiger partial charge in [0.2, 0.25) is 5.91 Å². The number of para-hydroxylation sites is 1. The molecule has 2 aromatic rings. The van der Waals surface area contributed by atoms with Gasteiger partial charge in [0.15, 0.2) is 0 Å². The number of pyridine rings is 1. The Balaban J connectivity index is 1.85. The average molecular weight is 348 g/mol. The third kappa shape index (κ3) is 3.13. The third-order valence-electron chi connectivity index (χ3n) is 4.47. The van der Waals surface area contributed by atoms with E-state index in [9.17, 15) is 4.79 Å². The van der Waals surface area contributed by atoms with Crippen LogP contribution in [0.25, 0.3) is 10.9 Å². The van der Waals surface area contributed by atoms with Crippen molar-refractivity contribution in [1.29, 1.82) is 0 Å². The summed E-state index contributed by atoms with van der Waals surface area (Å²) in [4.78, 5) is 20.8. The van der Waals surface area contributed by atoms with Gasteiger partial charge in [0.05, 0.1) is 7.11 Å². The molecular formula is C18H22ClN3O2. The van der Waals surface area contributed by atoms with Crippen LogP contribution in [0.4, 0.5) is 5.82 Å². The molecule has 0 N–H and O–H groups in total. The summed E-state index contributed by atoms with van der Waals surface area (Å²) >= 11 is 5.90. The van der Waals surface area contributed by atoms with Crippen LogP contribution in [0, 0.1) is 6.92 Å². The van der Waals surface area contributed by atoms with Crippen molar-refractivity contribution in [1.82, 2.24) is 9.88 Å². The number of ether oxygens (including phenoxy) is 1. The van der Waals surface area contributed by atoms with E-state index in [-0.39, 0.29) is 5.91 Å². The molecular weight excluding hydrogens is 326 g/mol. The second-order valence-electron chi connectivity index (χ2n) is 6.08. The van der Waals surface area contributed by atoms with E-state index in [0.29, 0.717) is 13.1 Å². The van der Waals surface area contributed by atoms with Crippen LogP contribution in [-0.4, -0.2) is 54.5 Å². The number of halogens is 1. The second-order valence-corrected chi connectivity index (χ2v) is 6.74. The van der Waals surface area contributed by atoms with Crippen molar-refractivity contribution in [3.05, 3.63) is 29.8 Å². The molecule has 1 unspecified atom stereocenters. The molecule has 0 aliphatic carbocycles. The van der Waals surface area contributed by atoms with Crippen LogP contribution in [0.3, 0.4) is 0 Å². The average Bonchev–Trinajstić information content (AvgIpc) is 2.60. The maximum Gasteiger partial charge on any atom is 0.240 e. The third-order valence-corrected chi connectivity index (χ3v) is 4.66. The molecule has 1 aliphatic rings. The van der Waals surface area contributed by atoms with Crippen LogP contribution in [-0.2, 0) is 4.79 Å². The number of hydrogen-bond acceptors (Lipinski definition) is 4. The lowest BCUT2D eigenvalue weighted by molar-refractivity contribution is -0.130. The molecule has 24 heavy (non-hydrogen) atoms. The summed E-state index contributed by atoms with van der Waals surface area (Å²) in [5.74, 6) is 1.71. The van der Waals surface area contributed by atoms with Gasteiger partial charge < -0.3 is 14.5 Å². The highest BCUT2D eigenvalue weighted by atomic mass is 35.5. The highest BCUT2D eigenvalue weighted by Gasteiger charge is 2.24. The minimum Gasteiger partial charge on any atom is -0.494 e. The fourth-order valence-corrected chi connectivity index (χ4v) is 3.25. The van der Waals surface area contributed by atoms with Gasteiger partial charge in [-0.25, -0.2) is 4.98 Å². The van der Waals surface area contributed by atoms with E-state index in [4.69, 9.17) is 21.3 Å². The Bertz CT molecular complexity index is 755. The summed E-state index contributed by atoms with van der Waals surface area (Å²) < 4.78 is 5.45. The van der Waals surface area contributed by atoms with Gasteiger partial charge in [0.25, 0.3) is 0 Å². The van der Waals surface area contributed by atoms with Gasteiger partial charge in [-0.2, -0.15) is 0 Å². The van der Waals surface area contributed by atoms with Gasteiger partial charge in [-0.1, -0.05) is 12.1 Å². The maximum absolute atomic E-state index is 12.0. The van der Waals surface area contributed by atoms with Crippen molar-refractivity contribution in [2.45, 2.75) is 19.2 Å². The normalized spacial score (nSPS) is 16.3. The van der Waals surface area contributed by atoms with Crippen molar-refractivity contribution in [2.24, 2.45) is 0 Å². The molecule has 128 valence electrons.